The van der Waals surface area contributed by atoms with Crippen molar-refractivity contribution < 1.29 is 14.6 Å². The zero-order chi connectivity index (χ0) is 18.0. The van der Waals surface area contributed by atoms with Crippen molar-refractivity contribution in [3.05, 3.63) is 60.7 Å². The van der Waals surface area contributed by atoms with Crippen LogP contribution < -0.4 is 5.32 Å². The number of rotatable bonds is 3. The molecule has 24 heavy (non-hydrogen) atoms. The molecule has 0 bridgehead atoms. The number of nitrogens with one attached hydrogen (secondary N) is 1. The van der Waals surface area contributed by atoms with Gasteiger partial charge < -0.3 is 9.84 Å². The van der Waals surface area contributed by atoms with Gasteiger partial charge in [0.25, 0.3) is 0 Å². The van der Waals surface area contributed by atoms with Crippen LogP contribution in [-0.4, -0.2) is 23.0 Å². The van der Waals surface area contributed by atoms with E-state index in [1.165, 1.54) is 11.1 Å². The molecule has 4 heteroatoms. The predicted molar refractivity (Wildman–Crippen MR) is 97.5 cm³/mol. The van der Waals surface area contributed by atoms with Gasteiger partial charge in [-0.3, -0.25) is 5.32 Å². The van der Waals surface area contributed by atoms with E-state index < -0.39 is 17.9 Å². The van der Waals surface area contributed by atoms with Crippen LogP contribution in [-0.2, 0) is 4.74 Å². The van der Waals surface area contributed by atoms with Gasteiger partial charge in [0.05, 0.1) is 0 Å². The summed E-state index contributed by atoms with van der Waals surface area (Å²) in [6, 6.07) is 20.8. The second-order valence-corrected chi connectivity index (χ2v) is 6.30. The van der Waals surface area contributed by atoms with Gasteiger partial charge in [0.1, 0.15) is 11.8 Å². The fraction of sp³-hybridized carbons (Fsp3) is 0.350. The minimum atomic E-state index is -0.820. The first-order chi connectivity index (χ1) is 11.3. The summed E-state index contributed by atoms with van der Waals surface area (Å²) in [5, 5.41) is 11.3. The molecule has 0 unspecified atom stereocenters. The van der Waals surface area contributed by atoms with Crippen molar-refractivity contribution in [3.8, 4) is 11.1 Å². The van der Waals surface area contributed by atoms with E-state index in [4.69, 9.17) is 9.84 Å². The summed E-state index contributed by atoms with van der Waals surface area (Å²) in [6.07, 6.45) is -0.934. The highest BCUT2D eigenvalue weighted by molar-refractivity contribution is 5.67. The summed E-state index contributed by atoms with van der Waals surface area (Å²) in [5.41, 5.74) is 2.04. The van der Waals surface area contributed by atoms with E-state index in [1.807, 2.05) is 12.1 Å². The van der Waals surface area contributed by atoms with Crippen molar-refractivity contribution in [3.63, 3.8) is 0 Å². The summed E-state index contributed by atoms with van der Waals surface area (Å²) < 4.78 is 4.90. The van der Waals surface area contributed by atoms with E-state index in [2.05, 4.69) is 53.8 Å². The monoisotopic (exact) mass is 329 g/mol. The largest absolute Gasteiger partial charge is 0.444 e. The molecule has 0 heterocycles. The highest BCUT2D eigenvalue weighted by Crippen LogP contribution is 2.17. The molecular weight excluding hydrogens is 302 g/mol. The van der Waals surface area contributed by atoms with Gasteiger partial charge in [0.2, 0.25) is 0 Å². The van der Waals surface area contributed by atoms with Gasteiger partial charge in [-0.1, -0.05) is 67.6 Å². The molecule has 0 spiro atoms. The van der Waals surface area contributed by atoms with Gasteiger partial charge in [0, 0.05) is 0 Å². The van der Waals surface area contributed by atoms with Gasteiger partial charge in [-0.15, -0.1) is 0 Å². The first-order valence-electron chi connectivity index (χ1n) is 8.10. The summed E-state index contributed by atoms with van der Waals surface area (Å²) in [6.45, 7) is 7.07. The molecule has 4 nitrogen and oxygen atoms in total. The second-order valence-electron chi connectivity index (χ2n) is 6.30. The standard InChI is InChI=1S/C12H10.C8H17NO3/c1-3-7-11(8-4-1)12-9-5-2-6-10-12;1-5-6(10)9-7(11)12-8(2,3)4/h1-10H;6,10H,5H2,1-4H3,(H,9,11)/t;6-/m.1/s1. The fourth-order valence-corrected chi connectivity index (χ4v) is 1.81. The third-order valence-corrected chi connectivity index (χ3v) is 2.95. The van der Waals surface area contributed by atoms with Crippen molar-refractivity contribution in [2.24, 2.45) is 0 Å². The Balaban J connectivity index is 0.000000240. The van der Waals surface area contributed by atoms with E-state index in [0.717, 1.165) is 0 Å². The zero-order valence-corrected chi connectivity index (χ0v) is 14.8. The van der Waals surface area contributed by atoms with Crippen LogP contribution in [0.4, 0.5) is 4.79 Å². The molecule has 2 aromatic rings. The van der Waals surface area contributed by atoms with E-state index in [1.54, 1.807) is 27.7 Å². The molecule has 0 aliphatic rings. The molecule has 0 radical (unpaired) electrons. The molecule has 2 aromatic carbocycles. The number of amides is 1. The summed E-state index contributed by atoms with van der Waals surface area (Å²) in [5.74, 6) is 0. The van der Waals surface area contributed by atoms with Gasteiger partial charge >= 0.3 is 6.09 Å². The molecule has 130 valence electrons. The first-order valence-corrected chi connectivity index (χ1v) is 8.10. The lowest BCUT2D eigenvalue weighted by atomic mass is 10.1. The van der Waals surface area contributed by atoms with Crippen LogP contribution in [0.2, 0.25) is 0 Å². The van der Waals surface area contributed by atoms with E-state index in [0.29, 0.717) is 6.42 Å². The molecule has 0 aliphatic carbocycles. The topological polar surface area (TPSA) is 58.6 Å². The molecule has 1 atom stereocenters. The third-order valence-electron chi connectivity index (χ3n) is 2.95. The number of benzene rings is 2. The highest BCUT2D eigenvalue weighted by atomic mass is 16.6. The lowest BCUT2D eigenvalue weighted by molar-refractivity contribution is 0.0353. The van der Waals surface area contributed by atoms with Crippen LogP contribution in [0.5, 0.6) is 0 Å². The normalized spacial score (nSPS) is 11.7. The maximum atomic E-state index is 10.9. The van der Waals surface area contributed by atoms with Crippen LogP contribution in [0.1, 0.15) is 34.1 Å². The van der Waals surface area contributed by atoms with Crippen LogP contribution in [0.3, 0.4) is 0 Å². The van der Waals surface area contributed by atoms with Gasteiger partial charge in [-0.25, -0.2) is 4.79 Å². The van der Waals surface area contributed by atoms with Crippen molar-refractivity contribution >= 4 is 6.09 Å². The Morgan fingerprint density at radius 2 is 1.42 bits per heavy atom. The molecular formula is C20H27NO3. The molecule has 0 aromatic heterocycles. The Labute approximate surface area is 144 Å². The Hall–Kier alpha value is -2.33. The molecule has 2 rings (SSSR count). The van der Waals surface area contributed by atoms with Crippen molar-refractivity contribution in [1.82, 2.24) is 5.32 Å². The predicted octanol–water partition coefficient (Wildman–Crippen LogP) is 4.59. The van der Waals surface area contributed by atoms with E-state index >= 15 is 0 Å². The molecule has 1 amide bonds. The van der Waals surface area contributed by atoms with E-state index in [-0.39, 0.29) is 0 Å². The molecule has 0 saturated heterocycles. The SMILES string of the molecule is CC[C@@H](O)NC(=O)OC(C)(C)C.c1ccc(-c2ccccc2)cc1. The minimum Gasteiger partial charge on any atom is -0.444 e. The number of hydrogen-bond acceptors (Lipinski definition) is 3. The lowest BCUT2D eigenvalue weighted by Gasteiger charge is -2.20. The molecule has 0 fully saturated rings. The van der Waals surface area contributed by atoms with Crippen LogP contribution in [0, 0.1) is 0 Å². The number of aliphatic hydroxyl groups is 1. The quantitative estimate of drug-likeness (QED) is 0.810. The van der Waals surface area contributed by atoms with Gasteiger partial charge in [-0.2, -0.15) is 0 Å². The van der Waals surface area contributed by atoms with Gasteiger partial charge in [0.15, 0.2) is 0 Å². The minimum absolute atomic E-state index is 0.471. The Morgan fingerprint density at radius 1 is 1.00 bits per heavy atom. The summed E-state index contributed by atoms with van der Waals surface area (Å²) in [4.78, 5) is 10.9. The Bertz CT molecular complexity index is 554. The van der Waals surface area contributed by atoms with Crippen LogP contribution >= 0.6 is 0 Å². The maximum absolute atomic E-state index is 10.9. The first kappa shape index (κ1) is 19.7. The van der Waals surface area contributed by atoms with Crippen molar-refractivity contribution in [2.75, 3.05) is 0 Å². The number of carbonyl (C=O) groups excluding carboxylic acids is 1. The molecule has 2 N–H and O–H groups in total. The summed E-state index contributed by atoms with van der Waals surface area (Å²) >= 11 is 0. The Morgan fingerprint density at radius 3 is 1.75 bits per heavy atom. The number of alkyl carbamates (subject to hydrolysis) is 1. The van der Waals surface area contributed by atoms with Crippen molar-refractivity contribution in [2.45, 2.75) is 45.9 Å². The van der Waals surface area contributed by atoms with Gasteiger partial charge in [-0.05, 0) is 38.3 Å². The number of ether oxygens (including phenoxy) is 1. The number of carbonyl (C=O) groups is 1. The smallest absolute Gasteiger partial charge is 0.409 e. The third kappa shape index (κ3) is 8.34. The lowest BCUT2D eigenvalue weighted by Crippen LogP contribution is -2.38. The number of hydrogen-bond donors (Lipinski definition) is 2. The average Bonchev–Trinajstić information content (AvgIpc) is 2.55. The second kappa shape index (κ2) is 9.73. The van der Waals surface area contributed by atoms with Crippen LogP contribution in [0.25, 0.3) is 11.1 Å². The maximum Gasteiger partial charge on any atom is 0.409 e. The zero-order valence-electron chi connectivity index (χ0n) is 14.8. The summed E-state index contributed by atoms with van der Waals surface area (Å²) in [7, 11) is 0. The van der Waals surface area contributed by atoms with Crippen molar-refractivity contribution in [1.29, 1.82) is 0 Å². The average molecular weight is 329 g/mol. The molecule has 0 aliphatic heterocycles. The Kier molecular flexibility index (Phi) is 7.99. The van der Waals surface area contributed by atoms with E-state index in [9.17, 15) is 4.79 Å². The molecule has 0 saturated carbocycles. The number of aliphatic hydroxyl groups excluding tert-OH is 1. The fourth-order valence-electron chi connectivity index (χ4n) is 1.81. The highest BCUT2D eigenvalue weighted by Gasteiger charge is 2.17. The van der Waals surface area contributed by atoms with Crippen LogP contribution in [0.15, 0.2) is 60.7 Å².